The SMILES string of the molecule is Cn1ccc2c(-n3ccc4ccc(-c5cccc([N+](=O)[O-])c5)cc43)ncnc21. The maximum atomic E-state index is 11.1. The smallest absolute Gasteiger partial charge is 0.270 e. The van der Waals surface area contributed by atoms with E-state index in [2.05, 4.69) is 9.97 Å². The van der Waals surface area contributed by atoms with Crippen molar-refractivity contribution in [1.29, 1.82) is 0 Å². The Balaban J connectivity index is 1.71. The van der Waals surface area contributed by atoms with Crippen LogP contribution >= 0.6 is 0 Å². The Hall–Kier alpha value is -4.00. The zero-order valence-electron chi connectivity index (χ0n) is 15.0. The molecule has 0 aliphatic rings. The van der Waals surface area contributed by atoms with E-state index in [1.54, 1.807) is 18.5 Å². The van der Waals surface area contributed by atoms with Crippen molar-refractivity contribution < 1.29 is 4.92 Å². The molecule has 0 aliphatic carbocycles. The van der Waals surface area contributed by atoms with Gasteiger partial charge in [0, 0.05) is 37.0 Å². The minimum absolute atomic E-state index is 0.0785. The molecule has 3 aromatic heterocycles. The highest BCUT2D eigenvalue weighted by Gasteiger charge is 2.13. The molecule has 0 amide bonds. The third-order valence-corrected chi connectivity index (χ3v) is 4.95. The van der Waals surface area contributed by atoms with Crippen LogP contribution in [0.25, 0.3) is 38.9 Å². The van der Waals surface area contributed by atoms with E-state index in [9.17, 15) is 10.1 Å². The summed E-state index contributed by atoms with van der Waals surface area (Å²) in [6, 6.07) is 16.7. The largest absolute Gasteiger partial charge is 0.335 e. The zero-order valence-corrected chi connectivity index (χ0v) is 15.0. The van der Waals surface area contributed by atoms with Gasteiger partial charge in [0.1, 0.15) is 17.8 Å². The van der Waals surface area contributed by atoms with Crippen LogP contribution in [0.15, 0.2) is 73.3 Å². The number of rotatable bonds is 3. The van der Waals surface area contributed by atoms with Crippen molar-refractivity contribution in [2.45, 2.75) is 0 Å². The van der Waals surface area contributed by atoms with Crippen LogP contribution in [0.5, 0.6) is 0 Å². The Labute approximate surface area is 159 Å². The molecule has 2 aromatic carbocycles. The van der Waals surface area contributed by atoms with Crippen LogP contribution in [0.2, 0.25) is 0 Å². The van der Waals surface area contributed by atoms with Gasteiger partial charge in [0.25, 0.3) is 5.69 Å². The van der Waals surface area contributed by atoms with Gasteiger partial charge in [-0.2, -0.15) is 0 Å². The Morgan fingerprint density at radius 2 is 1.82 bits per heavy atom. The van der Waals surface area contributed by atoms with E-state index in [1.807, 2.05) is 65.0 Å². The molecule has 0 N–H and O–H groups in total. The fourth-order valence-corrected chi connectivity index (χ4v) is 3.55. The normalized spacial score (nSPS) is 11.3. The third-order valence-electron chi connectivity index (χ3n) is 4.95. The first-order valence-electron chi connectivity index (χ1n) is 8.74. The average Bonchev–Trinajstić information content (AvgIpc) is 3.31. The van der Waals surface area contributed by atoms with Crippen LogP contribution in [0, 0.1) is 10.1 Å². The maximum Gasteiger partial charge on any atom is 0.270 e. The molecule has 0 spiro atoms. The predicted octanol–water partition coefficient (Wildman–Crippen LogP) is 4.49. The average molecular weight is 369 g/mol. The molecule has 136 valence electrons. The summed E-state index contributed by atoms with van der Waals surface area (Å²) in [6.07, 6.45) is 5.51. The number of nitro benzene ring substituents is 1. The quantitative estimate of drug-likeness (QED) is 0.347. The van der Waals surface area contributed by atoms with Gasteiger partial charge < -0.3 is 9.13 Å². The topological polar surface area (TPSA) is 78.8 Å². The summed E-state index contributed by atoms with van der Waals surface area (Å²) < 4.78 is 3.99. The monoisotopic (exact) mass is 369 g/mol. The Bertz CT molecular complexity index is 1370. The van der Waals surface area contributed by atoms with Gasteiger partial charge in [-0.1, -0.05) is 24.3 Å². The molecule has 0 radical (unpaired) electrons. The number of aryl methyl sites for hydroxylation is 1. The number of nitro groups is 1. The van der Waals surface area contributed by atoms with E-state index in [-0.39, 0.29) is 10.6 Å². The number of aromatic nitrogens is 4. The van der Waals surface area contributed by atoms with Crippen molar-refractivity contribution in [2.75, 3.05) is 0 Å². The van der Waals surface area contributed by atoms with Crippen LogP contribution < -0.4 is 0 Å². The van der Waals surface area contributed by atoms with Crippen molar-refractivity contribution in [2.24, 2.45) is 7.05 Å². The van der Waals surface area contributed by atoms with E-state index >= 15 is 0 Å². The second-order valence-electron chi connectivity index (χ2n) is 6.63. The second-order valence-corrected chi connectivity index (χ2v) is 6.63. The summed E-state index contributed by atoms with van der Waals surface area (Å²) in [5.74, 6) is 0.803. The van der Waals surface area contributed by atoms with Crippen LogP contribution in [-0.4, -0.2) is 24.0 Å². The molecule has 0 aliphatic heterocycles. The first kappa shape index (κ1) is 16.2. The molecule has 0 atom stereocenters. The highest BCUT2D eigenvalue weighted by atomic mass is 16.6. The highest BCUT2D eigenvalue weighted by Crippen LogP contribution is 2.30. The van der Waals surface area contributed by atoms with Gasteiger partial charge in [-0.15, -0.1) is 0 Å². The number of hydrogen-bond donors (Lipinski definition) is 0. The number of nitrogens with zero attached hydrogens (tertiary/aromatic N) is 5. The Kier molecular flexibility index (Phi) is 3.48. The van der Waals surface area contributed by atoms with Crippen molar-refractivity contribution in [3.05, 3.63) is 83.4 Å². The van der Waals surface area contributed by atoms with Crippen LogP contribution in [0.3, 0.4) is 0 Å². The fourth-order valence-electron chi connectivity index (χ4n) is 3.55. The minimum Gasteiger partial charge on any atom is -0.335 e. The van der Waals surface area contributed by atoms with E-state index in [0.717, 1.165) is 38.9 Å². The number of hydrogen-bond acceptors (Lipinski definition) is 4. The van der Waals surface area contributed by atoms with Crippen LogP contribution in [-0.2, 0) is 7.05 Å². The molecule has 28 heavy (non-hydrogen) atoms. The zero-order chi connectivity index (χ0) is 19.3. The lowest BCUT2D eigenvalue weighted by atomic mass is 10.0. The number of fused-ring (bicyclic) bond motifs is 2. The molecule has 0 bridgehead atoms. The van der Waals surface area contributed by atoms with Gasteiger partial charge in [-0.05, 0) is 29.3 Å². The van der Waals surface area contributed by atoms with Crippen molar-refractivity contribution in [3.8, 4) is 16.9 Å². The Morgan fingerprint density at radius 1 is 0.964 bits per heavy atom. The van der Waals surface area contributed by atoms with E-state index in [4.69, 9.17) is 0 Å². The van der Waals surface area contributed by atoms with Gasteiger partial charge in [-0.3, -0.25) is 10.1 Å². The molecule has 5 rings (SSSR count). The lowest BCUT2D eigenvalue weighted by Crippen LogP contribution is -1.99. The molecule has 0 saturated carbocycles. The first-order valence-corrected chi connectivity index (χ1v) is 8.74. The molecule has 3 heterocycles. The summed E-state index contributed by atoms with van der Waals surface area (Å²) in [4.78, 5) is 19.6. The minimum atomic E-state index is -0.377. The number of benzene rings is 2. The molecule has 7 nitrogen and oxygen atoms in total. The second kappa shape index (κ2) is 6.02. The molecule has 0 saturated heterocycles. The van der Waals surface area contributed by atoms with Gasteiger partial charge >= 0.3 is 0 Å². The van der Waals surface area contributed by atoms with Gasteiger partial charge in [0.05, 0.1) is 15.8 Å². The summed E-state index contributed by atoms with van der Waals surface area (Å²) in [6.45, 7) is 0. The summed E-state index contributed by atoms with van der Waals surface area (Å²) in [5.41, 5.74) is 3.63. The van der Waals surface area contributed by atoms with Crippen molar-refractivity contribution in [3.63, 3.8) is 0 Å². The molecule has 0 fully saturated rings. The maximum absolute atomic E-state index is 11.1. The predicted molar refractivity (Wildman–Crippen MR) is 107 cm³/mol. The van der Waals surface area contributed by atoms with Crippen molar-refractivity contribution in [1.82, 2.24) is 19.1 Å². The lowest BCUT2D eigenvalue weighted by Gasteiger charge is -2.08. The highest BCUT2D eigenvalue weighted by molar-refractivity contribution is 5.90. The van der Waals surface area contributed by atoms with E-state index in [0.29, 0.717) is 0 Å². The molecule has 5 aromatic rings. The molecule has 7 heteroatoms. The molecular weight excluding hydrogens is 354 g/mol. The number of non-ortho nitro benzene ring substituents is 1. The third kappa shape index (κ3) is 2.44. The van der Waals surface area contributed by atoms with Crippen LogP contribution in [0.4, 0.5) is 5.69 Å². The molecular formula is C21H15N5O2. The summed E-state index contributed by atoms with van der Waals surface area (Å²) >= 11 is 0. The summed E-state index contributed by atoms with van der Waals surface area (Å²) in [5, 5.41) is 13.1. The fraction of sp³-hybridized carbons (Fsp3) is 0.0476. The van der Waals surface area contributed by atoms with E-state index < -0.39 is 0 Å². The standard InChI is InChI=1S/C21H15N5O2/c1-24-9-8-18-20(24)22-13-23-21(18)25-10-7-14-5-6-16(12-19(14)25)15-3-2-4-17(11-15)26(27)28/h2-13H,1H3. The first-order chi connectivity index (χ1) is 13.6. The molecule has 0 unspecified atom stereocenters. The van der Waals surface area contributed by atoms with Gasteiger partial charge in [-0.25, -0.2) is 9.97 Å². The van der Waals surface area contributed by atoms with E-state index in [1.165, 1.54) is 6.07 Å². The Morgan fingerprint density at radius 3 is 2.68 bits per heavy atom. The van der Waals surface area contributed by atoms with Crippen LogP contribution in [0.1, 0.15) is 0 Å². The van der Waals surface area contributed by atoms with Crippen molar-refractivity contribution >= 4 is 27.6 Å². The lowest BCUT2D eigenvalue weighted by molar-refractivity contribution is -0.384. The van der Waals surface area contributed by atoms with Gasteiger partial charge in [0.2, 0.25) is 0 Å². The van der Waals surface area contributed by atoms with Gasteiger partial charge in [0.15, 0.2) is 0 Å². The summed E-state index contributed by atoms with van der Waals surface area (Å²) in [7, 11) is 1.95.